The number of carbonyl (C=O) groups is 1. The second-order valence-electron chi connectivity index (χ2n) is 5.57. The maximum absolute atomic E-state index is 12.0. The average Bonchev–Trinajstić information content (AvgIpc) is 2.54. The zero-order valence-electron chi connectivity index (χ0n) is 13.5. The Morgan fingerprint density at radius 2 is 1.73 bits per heavy atom. The van der Waals surface area contributed by atoms with Crippen LogP contribution in [0.25, 0.3) is 6.08 Å². The van der Waals surface area contributed by atoms with E-state index < -0.39 is 0 Å². The highest BCUT2D eigenvalue weighted by Crippen LogP contribution is 2.14. The molecule has 114 valence electrons. The fraction of sp³-hybridized carbons (Fsp3) is 0.250. The second kappa shape index (κ2) is 7.60. The van der Waals surface area contributed by atoms with Crippen molar-refractivity contribution in [3.8, 4) is 0 Å². The molecule has 0 aromatic heterocycles. The molecule has 0 aliphatic carbocycles. The lowest BCUT2D eigenvalue weighted by molar-refractivity contribution is -0.117. The first-order valence-electron chi connectivity index (χ1n) is 7.72. The Morgan fingerprint density at radius 3 is 2.32 bits per heavy atom. The van der Waals surface area contributed by atoms with E-state index in [0.717, 1.165) is 17.5 Å². The predicted octanol–water partition coefficient (Wildman–Crippen LogP) is 4.45. The van der Waals surface area contributed by atoms with Crippen LogP contribution in [0, 0.1) is 6.92 Å². The van der Waals surface area contributed by atoms with Gasteiger partial charge in [-0.05, 0) is 43.0 Å². The van der Waals surface area contributed by atoms with Gasteiger partial charge in [0, 0.05) is 6.08 Å². The standard InChI is InChI=1S/C20H23NO/c1-4-17-9-12-19(13-10-17)16(3)21-20(22)14-11-18-7-5-15(2)6-8-18/h5-14,16H,4H2,1-3H3,(H,21,22)/b14-11+. The number of benzene rings is 2. The molecule has 0 fully saturated rings. The highest BCUT2D eigenvalue weighted by molar-refractivity contribution is 5.91. The van der Waals surface area contributed by atoms with Gasteiger partial charge in [-0.3, -0.25) is 4.79 Å². The summed E-state index contributed by atoms with van der Waals surface area (Å²) < 4.78 is 0. The Labute approximate surface area is 132 Å². The van der Waals surface area contributed by atoms with Crippen LogP contribution in [0.15, 0.2) is 54.6 Å². The van der Waals surface area contributed by atoms with Gasteiger partial charge in [-0.15, -0.1) is 0 Å². The first kappa shape index (κ1) is 16.0. The van der Waals surface area contributed by atoms with E-state index in [1.165, 1.54) is 11.1 Å². The molecule has 1 N–H and O–H groups in total. The number of hydrogen-bond acceptors (Lipinski definition) is 1. The van der Waals surface area contributed by atoms with E-state index in [2.05, 4.69) is 36.5 Å². The third-order valence-corrected chi connectivity index (χ3v) is 3.75. The van der Waals surface area contributed by atoms with Crippen molar-refractivity contribution < 1.29 is 4.79 Å². The number of hydrogen-bond donors (Lipinski definition) is 1. The van der Waals surface area contributed by atoms with E-state index in [-0.39, 0.29) is 11.9 Å². The van der Waals surface area contributed by atoms with Crippen LogP contribution in [0.3, 0.4) is 0 Å². The molecule has 2 heteroatoms. The molecule has 2 rings (SSSR count). The SMILES string of the molecule is CCc1ccc(C(C)NC(=O)/C=C/c2ccc(C)cc2)cc1. The normalized spacial score (nSPS) is 12.3. The first-order valence-corrected chi connectivity index (χ1v) is 7.72. The summed E-state index contributed by atoms with van der Waals surface area (Å²) in [6.45, 7) is 6.18. The molecule has 2 aromatic carbocycles. The number of carbonyl (C=O) groups excluding carboxylic acids is 1. The fourth-order valence-electron chi connectivity index (χ4n) is 2.24. The van der Waals surface area contributed by atoms with Crippen LogP contribution >= 0.6 is 0 Å². The Balaban J connectivity index is 1.94. The van der Waals surface area contributed by atoms with Gasteiger partial charge < -0.3 is 5.32 Å². The number of aryl methyl sites for hydroxylation is 2. The van der Waals surface area contributed by atoms with E-state index in [0.29, 0.717) is 0 Å². The van der Waals surface area contributed by atoms with Crippen molar-refractivity contribution in [3.63, 3.8) is 0 Å². The molecule has 1 amide bonds. The molecule has 1 atom stereocenters. The second-order valence-corrected chi connectivity index (χ2v) is 5.57. The van der Waals surface area contributed by atoms with Gasteiger partial charge in [0.25, 0.3) is 0 Å². The van der Waals surface area contributed by atoms with Crippen LogP contribution in [-0.2, 0) is 11.2 Å². The summed E-state index contributed by atoms with van der Waals surface area (Å²) in [5.41, 5.74) is 4.67. The lowest BCUT2D eigenvalue weighted by Crippen LogP contribution is -2.24. The minimum atomic E-state index is -0.0763. The molecule has 2 aromatic rings. The van der Waals surface area contributed by atoms with Crippen molar-refractivity contribution in [1.82, 2.24) is 5.32 Å². The quantitative estimate of drug-likeness (QED) is 0.811. The molecule has 0 heterocycles. The van der Waals surface area contributed by atoms with Gasteiger partial charge >= 0.3 is 0 Å². The van der Waals surface area contributed by atoms with Crippen LogP contribution in [0.2, 0.25) is 0 Å². The Hall–Kier alpha value is -2.35. The molecule has 0 aliphatic heterocycles. The first-order chi connectivity index (χ1) is 10.6. The van der Waals surface area contributed by atoms with Crippen LogP contribution < -0.4 is 5.32 Å². The van der Waals surface area contributed by atoms with Gasteiger partial charge in [-0.1, -0.05) is 61.0 Å². The topological polar surface area (TPSA) is 29.1 Å². The predicted molar refractivity (Wildman–Crippen MR) is 92.6 cm³/mol. The van der Waals surface area contributed by atoms with Crippen molar-refractivity contribution in [1.29, 1.82) is 0 Å². The summed E-state index contributed by atoms with van der Waals surface area (Å²) in [6.07, 6.45) is 4.45. The van der Waals surface area contributed by atoms with Gasteiger partial charge in [0.1, 0.15) is 0 Å². The van der Waals surface area contributed by atoms with Crippen molar-refractivity contribution in [2.24, 2.45) is 0 Å². The molecule has 1 unspecified atom stereocenters. The lowest BCUT2D eigenvalue weighted by Gasteiger charge is -2.13. The molecule has 0 saturated carbocycles. The van der Waals surface area contributed by atoms with Gasteiger partial charge in [0.15, 0.2) is 0 Å². The Kier molecular flexibility index (Phi) is 5.54. The average molecular weight is 293 g/mol. The Bertz CT molecular complexity index is 638. The molecule has 0 saturated heterocycles. The van der Waals surface area contributed by atoms with E-state index in [4.69, 9.17) is 0 Å². The van der Waals surface area contributed by atoms with Crippen molar-refractivity contribution >= 4 is 12.0 Å². The fourth-order valence-corrected chi connectivity index (χ4v) is 2.24. The zero-order chi connectivity index (χ0) is 15.9. The number of rotatable bonds is 5. The van der Waals surface area contributed by atoms with Crippen LogP contribution in [0.5, 0.6) is 0 Å². The maximum atomic E-state index is 12.0. The van der Waals surface area contributed by atoms with Crippen LogP contribution in [0.1, 0.15) is 42.1 Å². The number of amides is 1. The van der Waals surface area contributed by atoms with E-state index >= 15 is 0 Å². The van der Waals surface area contributed by atoms with Crippen LogP contribution in [-0.4, -0.2) is 5.91 Å². The van der Waals surface area contributed by atoms with Crippen molar-refractivity contribution in [2.45, 2.75) is 33.2 Å². The Morgan fingerprint density at radius 1 is 1.09 bits per heavy atom. The largest absolute Gasteiger partial charge is 0.346 e. The molecule has 0 spiro atoms. The third-order valence-electron chi connectivity index (χ3n) is 3.75. The van der Waals surface area contributed by atoms with E-state index in [1.807, 2.05) is 44.2 Å². The van der Waals surface area contributed by atoms with E-state index in [9.17, 15) is 4.79 Å². The van der Waals surface area contributed by atoms with Crippen LogP contribution in [0.4, 0.5) is 0 Å². The summed E-state index contributed by atoms with van der Waals surface area (Å²) >= 11 is 0. The third kappa shape index (κ3) is 4.59. The van der Waals surface area contributed by atoms with Gasteiger partial charge in [-0.2, -0.15) is 0 Å². The van der Waals surface area contributed by atoms with Gasteiger partial charge in [0.2, 0.25) is 5.91 Å². The summed E-state index contributed by atoms with van der Waals surface area (Å²) in [7, 11) is 0. The smallest absolute Gasteiger partial charge is 0.244 e. The zero-order valence-corrected chi connectivity index (χ0v) is 13.5. The van der Waals surface area contributed by atoms with E-state index in [1.54, 1.807) is 6.08 Å². The maximum Gasteiger partial charge on any atom is 0.244 e. The number of nitrogens with one attached hydrogen (secondary N) is 1. The van der Waals surface area contributed by atoms with Gasteiger partial charge in [0.05, 0.1) is 6.04 Å². The molecular formula is C20H23NO. The molecule has 0 radical (unpaired) electrons. The highest BCUT2D eigenvalue weighted by Gasteiger charge is 2.07. The minimum absolute atomic E-state index is 0.000994. The molecule has 2 nitrogen and oxygen atoms in total. The molecule has 22 heavy (non-hydrogen) atoms. The summed E-state index contributed by atoms with van der Waals surface area (Å²) in [6, 6.07) is 16.5. The molecular weight excluding hydrogens is 270 g/mol. The minimum Gasteiger partial charge on any atom is -0.346 e. The van der Waals surface area contributed by atoms with Crippen molar-refractivity contribution in [3.05, 3.63) is 76.9 Å². The summed E-state index contributed by atoms with van der Waals surface area (Å²) in [4.78, 5) is 12.0. The van der Waals surface area contributed by atoms with Gasteiger partial charge in [-0.25, -0.2) is 0 Å². The molecule has 0 bridgehead atoms. The van der Waals surface area contributed by atoms with Crippen molar-refractivity contribution in [2.75, 3.05) is 0 Å². The monoisotopic (exact) mass is 293 g/mol. The lowest BCUT2D eigenvalue weighted by atomic mass is 10.0. The summed E-state index contributed by atoms with van der Waals surface area (Å²) in [5.74, 6) is -0.0763. The molecule has 0 aliphatic rings. The summed E-state index contributed by atoms with van der Waals surface area (Å²) in [5, 5.41) is 2.99. The highest BCUT2D eigenvalue weighted by atomic mass is 16.1.